The van der Waals surface area contributed by atoms with E-state index in [4.69, 9.17) is 86.9 Å². The van der Waals surface area contributed by atoms with E-state index in [1.54, 1.807) is 39.2 Å². The van der Waals surface area contributed by atoms with Crippen LogP contribution in [0.15, 0.2) is 72.2 Å². The third-order valence-electron chi connectivity index (χ3n) is 22.0. The maximum absolute atomic E-state index is 15.2. The third kappa shape index (κ3) is 28.5. The Labute approximate surface area is 798 Å². The molecule has 3 fully saturated rings. The number of benzene rings is 2. The maximum atomic E-state index is 15.2. The molecule has 55 heteroatoms. The molecule has 3 aliphatic rings. The summed E-state index contributed by atoms with van der Waals surface area (Å²) in [5, 5.41) is 142. The molecule has 3 aliphatic heterocycles. The Bertz CT molecular complexity index is 5420. The monoisotopic (exact) mass is 2000 g/mol. The van der Waals surface area contributed by atoms with Crippen molar-refractivity contribution in [2.24, 2.45) is 34.6 Å². The van der Waals surface area contributed by atoms with E-state index in [0.717, 1.165) is 57.7 Å². The topological polar surface area (TPSA) is 821 Å². The number of hydrogen-bond acceptors (Lipinski definition) is 43. The Balaban J connectivity index is 0.000000408. The molecule has 52 nitrogen and oxygen atoms in total. The molecule has 138 heavy (non-hydrogen) atoms. The SMILES string of the molecule is COc1ccc(Cc2nccc3cc(OC)c(OC)cc23)cc1OC.Cc1c(N)nc([C@H](CC(N)=O)NC[C@H](N)C(N)=O)nc1C(=O)N[C@H](C(=O)N[C@H](C)[C@@H](O)[C@H](C)C(=O)N[C@H](C(=O)NCCc1nc(-c2nc(C(=O)NCCC[S+](C)C)cs2)cs1)[C@@H](C)O)[C@@H](O[C@@H]1O[C@@H](CO)[C@@H](O)[C@H](O)[C@@H]1O[C@H]1O[C@H](CO)[C@@H](O)[C@H](OC(N)=O)[C@@H]1O)c1cnc[nH]1.NC(=O)c1ncn([C@@H]2O[C@H](CO)[C@@H](O)[C@H]2O)n1. The number of thiazole rings is 2. The molecule has 756 valence electrons. The highest BCUT2D eigenvalue weighted by atomic mass is 32.2. The van der Waals surface area contributed by atoms with Crippen LogP contribution in [0.3, 0.4) is 0 Å². The number of pyridine rings is 1. The van der Waals surface area contributed by atoms with Gasteiger partial charge < -0.3 is 175 Å². The lowest BCUT2D eigenvalue weighted by atomic mass is 9.96. The van der Waals surface area contributed by atoms with Crippen molar-refractivity contribution in [3.05, 3.63) is 123 Å². The first kappa shape index (κ1) is 110. The third-order valence-corrected chi connectivity index (χ3v) is 24.8. The fourth-order valence-electron chi connectivity index (χ4n) is 14.3. The van der Waals surface area contributed by atoms with E-state index in [1.807, 2.05) is 42.6 Å². The lowest BCUT2D eigenvalue weighted by Crippen LogP contribution is -2.65. The number of aromatic nitrogens is 10. The molecule has 2 aromatic carbocycles. The van der Waals surface area contributed by atoms with Gasteiger partial charge in [-0.2, -0.15) is 0 Å². The second kappa shape index (κ2) is 51.2. The zero-order valence-electron chi connectivity index (χ0n) is 76.4. The van der Waals surface area contributed by atoms with Crippen molar-refractivity contribution in [3.8, 4) is 33.7 Å². The number of imidazole rings is 1. The molecule has 0 bridgehead atoms. The van der Waals surface area contributed by atoms with Crippen LogP contribution in [0.4, 0.5) is 10.6 Å². The fourth-order valence-corrected chi connectivity index (χ4v) is 16.6. The molecule has 30 N–H and O–H groups in total. The van der Waals surface area contributed by atoms with E-state index in [-0.39, 0.29) is 70.7 Å². The number of hydrogen-bond donors (Lipinski definition) is 24. The molecule has 6 aromatic heterocycles. The number of nitrogens with zero attached hydrogens (tertiary/aromatic N) is 9. The van der Waals surface area contributed by atoms with Crippen LogP contribution in [-0.2, 0) is 76.1 Å². The van der Waals surface area contributed by atoms with Crippen molar-refractivity contribution in [3.63, 3.8) is 0 Å². The van der Waals surface area contributed by atoms with Crippen molar-refractivity contribution in [2.45, 2.75) is 188 Å². The minimum atomic E-state index is -2.20. The number of anilines is 1. The number of nitrogen functional groups attached to an aromatic ring is 1. The summed E-state index contributed by atoms with van der Waals surface area (Å²) in [6.07, 6.45) is -20.8. The Morgan fingerprint density at radius 2 is 1.34 bits per heavy atom. The largest absolute Gasteiger partial charge is 0.493 e. The average molecular weight is 2000 g/mol. The summed E-state index contributed by atoms with van der Waals surface area (Å²) in [4.78, 5) is 150. The molecule has 9 amide bonds. The van der Waals surface area contributed by atoms with Crippen LogP contribution in [0.2, 0.25) is 0 Å². The number of methoxy groups -OCH3 is 4. The molecule has 11 rings (SSSR count). The standard InChI is InChI=1S/C55H83N17O21S3.C20H21NO4.C8H12N4O5/c1-20-33(69-46(72-44(20)58)25(12-31(57)76)64-13-24(56)45(59)82)50(86)71-35(41(26-14-61-19-65-26)91-54-43(39(80)37(78)29(15-73)90-54)92-53-40(81)42(93-55(60)88)38(79)30(16-74)89-53)51(87)66-22(3)36(77)21(2)47(83)70-34(23(4)75)49(85)63-10-8-32-67-28(18-94-32)52-68-27(17-95-52)48(84)62-9-7-11-96(5)6;1-22-17-6-5-13(10-18(17)23-2)9-16-15-12-20(25-4)19(24-3)11-14(15)7-8-21-16;9-6(16)7-10-2-12(11-7)8-5(15)4(14)3(1-13)17-8/h14,17-19,21-25,29-30,34-43,53-54,64,73-75,77-81H,7-13,15-16,56H2,1-6H3,(H13-,57,58,59,60,61,62,63,65,66,69,70,71,72,76,82,83,84,85,86,87,88);5-8,10-12H,9H2,1-4H3;2-5,8,13-15H,1H2,(H2,9,16)/p+1/t21-,22+,23+,24-,25-,29-,30+,34-,35-,36-,37+,38+,39-,40-,41-,42-,43-,53+,54-;;3-,4-,5-,8-/m0.1/s1. The number of aromatic amines is 1. The lowest BCUT2D eigenvalue weighted by molar-refractivity contribution is -0.372. The summed E-state index contributed by atoms with van der Waals surface area (Å²) < 4.78 is 56.5. The van der Waals surface area contributed by atoms with Crippen LogP contribution in [-0.4, -0.2) is 361 Å². The van der Waals surface area contributed by atoms with Gasteiger partial charge in [0.05, 0.1) is 126 Å². The van der Waals surface area contributed by atoms with Crippen molar-refractivity contribution in [1.29, 1.82) is 0 Å². The van der Waals surface area contributed by atoms with E-state index < -0.39 is 220 Å². The highest BCUT2D eigenvalue weighted by Crippen LogP contribution is 2.38. The molecule has 8 aromatic rings. The first-order valence-electron chi connectivity index (χ1n) is 42.6. The summed E-state index contributed by atoms with van der Waals surface area (Å²) in [7, 11) is 6.78. The number of H-pyrrole nitrogens is 1. The van der Waals surface area contributed by atoms with Gasteiger partial charge >= 0.3 is 6.09 Å². The number of nitrogens with two attached hydrogens (primary N) is 6. The number of primary amides is 4. The summed E-state index contributed by atoms with van der Waals surface area (Å²) in [6.45, 7) is 2.74. The highest BCUT2D eigenvalue weighted by molar-refractivity contribution is 7.95. The van der Waals surface area contributed by atoms with Crippen molar-refractivity contribution in [2.75, 3.05) is 91.9 Å². The van der Waals surface area contributed by atoms with Gasteiger partial charge in [-0.05, 0) is 72.9 Å². The number of nitrogens with one attached hydrogen (secondary N) is 7. The molecular formula is C83H117N22O30S3+. The Morgan fingerprint density at radius 1 is 0.681 bits per heavy atom. The molecule has 0 radical (unpaired) electrons. The van der Waals surface area contributed by atoms with E-state index in [2.05, 4.69) is 89.4 Å². The predicted octanol–water partition coefficient (Wildman–Crippen LogP) is -6.86. The smallest absolute Gasteiger partial charge is 0.404 e. The number of fused-ring (bicyclic) bond motifs is 1. The first-order chi connectivity index (χ1) is 65.6. The average Bonchev–Trinajstić information content (AvgIpc) is 0.860. The molecule has 0 unspecified atom stereocenters. The molecule has 0 aliphatic carbocycles. The molecular weight excluding hydrogens is 1880 g/mol. The van der Waals surface area contributed by atoms with Crippen LogP contribution >= 0.6 is 22.7 Å². The van der Waals surface area contributed by atoms with Gasteiger partial charge in [-0.3, -0.25) is 43.3 Å². The van der Waals surface area contributed by atoms with E-state index >= 15 is 4.79 Å². The normalized spacial score (nSPS) is 22.7. The number of ether oxygens (including phenoxy) is 10. The maximum Gasteiger partial charge on any atom is 0.404 e. The van der Waals surface area contributed by atoms with E-state index in [9.17, 15) is 89.4 Å². The second-order valence-electron chi connectivity index (χ2n) is 32.0. The number of rotatable bonds is 44. The molecule has 0 saturated carbocycles. The molecule has 23 atom stereocenters. The fraction of sp³-hybridized carbons (Fsp3) is 0.530. The van der Waals surface area contributed by atoms with Gasteiger partial charge in [0.15, 0.2) is 47.9 Å². The van der Waals surface area contributed by atoms with Crippen molar-refractivity contribution >= 4 is 104 Å². The number of aliphatic hydroxyl groups excluding tert-OH is 11. The summed E-state index contributed by atoms with van der Waals surface area (Å²) in [5.74, 6) is -5.90. The lowest BCUT2D eigenvalue weighted by Gasteiger charge is -2.47. The highest BCUT2D eigenvalue weighted by Gasteiger charge is 2.54. The summed E-state index contributed by atoms with van der Waals surface area (Å²) in [6, 6.07) is 3.95. The van der Waals surface area contributed by atoms with Gasteiger partial charge in [-0.15, -0.1) is 27.8 Å². The minimum absolute atomic E-state index is 0.00498. The van der Waals surface area contributed by atoms with Crippen LogP contribution in [0.5, 0.6) is 23.0 Å². The Kier molecular flexibility index (Phi) is 40.8. The Morgan fingerprint density at radius 3 is 1.96 bits per heavy atom. The van der Waals surface area contributed by atoms with Gasteiger partial charge in [0, 0.05) is 73.2 Å². The van der Waals surface area contributed by atoms with Crippen LogP contribution in [0, 0.1) is 12.8 Å². The van der Waals surface area contributed by atoms with Crippen LogP contribution in [0.1, 0.15) is 117 Å². The van der Waals surface area contributed by atoms with Gasteiger partial charge in [0.1, 0.15) is 125 Å². The first-order valence-corrected chi connectivity index (χ1v) is 46.6. The van der Waals surface area contributed by atoms with Gasteiger partial charge in [0.25, 0.3) is 17.7 Å². The quantitative estimate of drug-likeness (QED) is 0.0125. The number of carbonyl (C=O) groups excluding carboxylic acids is 9. The van der Waals surface area contributed by atoms with Crippen molar-refractivity contribution < 1.29 is 147 Å². The predicted molar refractivity (Wildman–Crippen MR) is 488 cm³/mol. The van der Waals surface area contributed by atoms with E-state index in [0.29, 0.717) is 51.7 Å². The molecule has 9 heterocycles. The number of carbonyl (C=O) groups is 9. The van der Waals surface area contributed by atoms with Crippen LogP contribution < -0.4 is 85.3 Å². The number of amides is 9. The van der Waals surface area contributed by atoms with Gasteiger partial charge in [-0.25, -0.2) is 39.4 Å². The molecule has 3 saturated heterocycles. The zero-order chi connectivity index (χ0) is 101. The van der Waals surface area contributed by atoms with Crippen molar-refractivity contribution in [1.82, 2.24) is 81.6 Å². The second-order valence-corrected chi connectivity index (χ2v) is 36.2. The summed E-state index contributed by atoms with van der Waals surface area (Å²) in [5.41, 5.74) is 35.1. The Hall–Kier alpha value is -11.8. The van der Waals surface area contributed by atoms with Gasteiger partial charge in [-0.1, -0.05) is 13.0 Å². The van der Waals surface area contributed by atoms with E-state index in [1.165, 1.54) is 50.4 Å². The minimum Gasteiger partial charge on any atom is -0.493 e. The molecule has 0 spiro atoms. The zero-order valence-corrected chi connectivity index (χ0v) is 78.8. The number of aliphatic hydroxyl groups is 11. The van der Waals surface area contributed by atoms with Gasteiger partial charge in [0.2, 0.25) is 35.4 Å². The van der Waals surface area contributed by atoms with Crippen LogP contribution in [0.25, 0.3) is 21.5 Å². The summed E-state index contributed by atoms with van der Waals surface area (Å²) >= 11 is 2.52.